The van der Waals surface area contributed by atoms with Gasteiger partial charge in [0.15, 0.2) is 5.78 Å². The molecule has 1 aliphatic carbocycles. The van der Waals surface area contributed by atoms with E-state index in [1.165, 1.54) is 0 Å². The van der Waals surface area contributed by atoms with Crippen LogP contribution in [0, 0.1) is 6.92 Å². The van der Waals surface area contributed by atoms with Crippen LogP contribution in [0.3, 0.4) is 0 Å². The topological polar surface area (TPSA) is 77.2 Å². The Balaban J connectivity index is 1.63. The summed E-state index contributed by atoms with van der Waals surface area (Å²) >= 11 is 0. The number of hydrogen-bond acceptors (Lipinski definition) is 6. The van der Waals surface area contributed by atoms with Crippen molar-refractivity contribution in [1.82, 2.24) is 9.97 Å². The minimum atomic E-state index is 0.0214. The molecule has 0 bridgehead atoms. The zero-order valence-electron chi connectivity index (χ0n) is 14.7. The lowest BCUT2D eigenvalue weighted by Crippen LogP contribution is -2.22. The van der Waals surface area contributed by atoms with Crippen molar-refractivity contribution in [2.45, 2.75) is 25.7 Å². The molecule has 1 aromatic carbocycles. The minimum absolute atomic E-state index is 0.0214. The Morgan fingerprint density at radius 3 is 2.65 bits per heavy atom. The van der Waals surface area contributed by atoms with Gasteiger partial charge in [-0.25, -0.2) is 9.97 Å². The first-order valence-corrected chi connectivity index (χ1v) is 8.49. The molecule has 2 aromatic heterocycles. The first kappa shape index (κ1) is 16.3. The summed E-state index contributed by atoms with van der Waals surface area (Å²) in [5.74, 6) is 2.18. The molecule has 6 heteroatoms. The van der Waals surface area contributed by atoms with Crippen LogP contribution in [0.25, 0.3) is 0 Å². The summed E-state index contributed by atoms with van der Waals surface area (Å²) < 4.78 is 10.7. The van der Waals surface area contributed by atoms with Gasteiger partial charge in [0.2, 0.25) is 5.95 Å². The molecule has 2 heterocycles. The summed E-state index contributed by atoms with van der Waals surface area (Å²) in [5, 5.41) is 3.20. The number of ether oxygens (including phenoxy) is 1. The number of hydrogen-bond donors (Lipinski definition) is 1. The Hall–Kier alpha value is -3.15. The maximum Gasteiger partial charge on any atom is 0.227 e. The summed E-state index contributed by atoms with van der Waals surface area (Å²) in [6.45, 7) is 1.85. The number of benzene rings is 1. The molecular weight excluding hydrogens is 330 g/mol. The zero-order valence-corrected chi connectivity index (χ0v) is 14.7. The average Bonchev–Trinajstić information content (AvgIpc) is 3.16. The molecule has 0 saturated heterocycles. The molecule has 3 aromatic rings. The van der Waals surface area contributed by atoms with Gasteiger partial charge < -0.3 is 14.5 Å². The van der Waals surface area contributed by atoms with E-state index < -0.39 is 0 Å². The molecule has 0 spiro atoms. The number of rotatable bonds is 4. The first-order valence-electron chi connectivity index (χ1n) is 8.49. The summed E-state index contributed by atoms with van der Waals surface area (Å²) in [6.07, 6.45) is 2.72. The van der Waals surface area contributed by atoms with Crippen LogP contribution in [0.15, 0.2) is 47.1 Å². The van der Waals surface area contributed by atoms with E-state index in [1.807, 2.05) is 43.3 Å². The SMILES string of the molecule is COc1ccc(Nc2nc(C)c3c(n2)C[C@H](c2ccco2)CC3=O)cc1. The van der Waals surface area contributed by atoms with Crippen LogP contribution in [-0.4, -0.2) is 22.9 Å². The predicted molar refractivity (Wildman–Crippen MR) is 97.1 cm³/mol. The van der Waals surface area contributed by atoms with Gasteiger partial charge in [-0.3, -0.25) is 4.79 Å². The maximum absolute atomic E-state index is 12.6. The fourth-order valence-electron chi connectivity index (χ4n) is 3.36. The van der Waals surface area contributed by atoms with Crippen molar-refractivity contribution in [3.8, 4) is 5.75 Å². The number of furan rings is 1. The molecule has 0 saturated carbocycles. The van der Waals surface area contributed by atoms with Gasteiger partial charge in [0.25, 0.3) is 0 Å². The lowest BCUT2D eigenvalue weighted by atomic mass is 9.84. The molecule has 26 heavy (non-hydrogen) atoms. The third-order valence-electron chi connectivity index (χ3n) is 4.61. The Kier molecular flexibility index (Phi) is 4.16. The first-order chi connectivity index (χ1) is 12.6. The Morgan fingerprint density at radius 1 is 1.15 bits per heavy atom. The van der Waals surface area contributed by atoms with Gasteiger partial charge in [0.05, 0.1) is 30.3 Å². The zero-order chi connectivity index (χ0) is 18.1. The average molecular weight is 349 g/mol. The Bertz CT molecular complexity index is 934. The predicted octanol–water partition coefficient (Wildman–Crippen LogP) is 4.04. The third-order valence-corrected chi connectivity index (χ3v) is 4.61. The number of fused-ring (bicyclic) bond motifs is 1. The number of methoxy groups -OCH3 is 1. The monoisotopic (exact) mass is 349 g/mol. The van der Waals surface area contributed by atoms with Crippen LogP contribution >= 0.6 is 0 Å². The molecule has 0 fully saturated rings. The Labute approximate surface area is 151 Å². The molecule has 6 nitrogen and oxygen atoms in total. The molecule has 4 rings (SSSR count). The van der Waals surface area contributed by atoms with Gasteiger partial charge in [0.1, 0.15) is 11.5 Å². The molecule has 1 aliphatic rings. The van der Waals surface area contributed by atoms with Crippen molar-refractivity contribution in [3.63, 3.8) is 0 Å². The lowest BCUT2D eigenvalue weighted by molar-refractivity contribution is 0.0958. The van der Waals surface area contributed by atoms with Gasteiger partial charge in [-0.1, -0.05) is 0 Å². The fraction of sp³-hybridized carbons (Fsp3) is 0.250. The van der Waals surface area contributed by atoms with Crippen molar-refractivity contribution in [2.24, 2.45) is 0 Å². The summed E-state index contributed by atoms with van der Waals surface area (Å²) in [4.78, 5) is 21.7. The van der Waals surface area contributed by atoms with Crippen molar-refractivity contribution in [3.05, 3.63) is 65.4 Å². The van der Waals surface area contributed by atoms with Crippen molar-refractivity contribution >= 4 is 17.4 Å². The van der Waals surface area contributed by atoms with Gasteiger partial charge in [-0.2, -0.15) is 0 Å². The van der Waals surface area contributed by atoms with E-state index in [0.717, 1.165) is 22.9 Å². The number of ketones is 1. The molecule has 0 unspecified atom stereocenters. The smallest absolute Gasteiger partial charge is 0.227 e. The van der Waals surface area contributed by atoms with E-state index >= 15 is 0 Å². The Morgan fingerprint density at radius 2 is 1.96 bits per heavy atom. The second-order valence-electron chi connectivity index (χ2n) is 6.35. The van der Waals surface area contributed by atoms with E-state index in [9.17, 15) is 4.79 Å². The van der Waals surface area contributed by atoms with Gasteiger partial charge in [-0.15, -0.1) is 0 Å². The number of nitrogens with one attached hydrogen (secondary N) is 1. The van der Waals surface area contributed by atoms with Gasteiger partial charge >= 0.3 is 0 Å². The number of aryl methyl sites for hydroxylation is 1. The van der Waals surface area contributed by atoms with Crippen molar-refractivity contribution in [1.29, 1.82) is 0 Å². The number of nitrogens with zero attached hydrogens (tertiary/aromatic N) is 2. The van der Waals surface area contributed by atoms with Crippen LogP contribution in [0.4, 0.5) is 11.6 Å². The largest absolute Gasteiger partial charge is 0.497 e. The molecule has 0 amide bonds. The summed E-state index contributed by atoms with van der Waals surface area (Å²) in [6, 6.07) is 11.3. The number of carbonyl (C=O) groups excluding carboxylic acids is 1. The molecule has 0 aliphatic heterocycles. The maximum atomic E-state index is 12.6. The summed E-state index contributed by atoms with van der Waals surface area (Å²) in [5.41, 5.74) is 2.98. The van der Waals surface area contributed by atoms with Gasteiger partial charge in [-0.05, 0) is 43.3 Å². The highest BCUT2D eigenvalue weighted by molar-refractivity contribution is 5.99. The standard InChI is InChI=1S/C20H19N3O3/c1-12-19-16(10-13(11-17(19)24)18-4-3-9-26-18)23-20(21-12)22-14-5-7-15(25-2)8-6-14/h3-9,13H,10-11H2,1-2H3,(H,21,22,23)/t13-/m0/s1. The number of Topliss-reactive ketones (excluding diaryl/α,β-unsaturated/α-hetero) is 1. The third kappa shape index (κ3) is 3.06. The second kappa shape index (κ2) is 6.63. The molecule has 1 N–H and O–H groups in total. The normalized spacial score (nSPS) is 16.2. The van der Waals surface area contributed by atoms with E-state index in [2.05, 4.69) is 15.3 Å². The highest BCUT2D eigenvalue weighted by Gasteiger charge is 2.31. The number of anilines is 2. The molecule has 0 radical (unpaired) electrons. The quantitative estimate of drug-likeness (QED) is 0.766. The lowest BCUT2D eigenvalue weighted by Gasteiger charge is -2.23. The number of carbonyl (C=O) groups is 1. The highest BCUT2D eigenvalue weighted by atomic mass is 16.5. The van der Waals surface area contributed by atoms with Crippen LogP contribution in [-0.2, 0) is 6.42 Å². The van der Waals surface area contributed by atoms with Crippen LogP contribution in [0.5, 0.6) is 5.75 Å². The van der Waals surface area contributed by atoms with Crippen LogP contribution in [0.1, 0.15) is 39.8 Å². The highest BCUT2D eigenvalue weighted by Crippen LogP contribution is 2.33. The fourth-order valence-corrected chi connectivity index (χ4v) is 3.36. The van der Waals surface area contributed by atoms with Gasteiger partial charge in [0, 0.05) is 24.4 Å². The number of aromatic nitrogens is 2. The summed E-state index contributed by atoms with van der Waals surface area (Å²) in [7, 11) is 1.63. The molecule has 132 valence electrons. The van der Waals surface area contributed by atoms with Crippen LogP contribution < -0.4 is 10.1 Å². The van der Waals surface area contributed by atoms with Crippen LogP contribution in [0.2, 0.25) is 0 Å². The molecule has 1 atom stereocenters. The minimum Gasteiger partial charge on any atom is -0.497 e. The van der Waals surface area contributed by atoms with E-state index in [1.54, 1.807) is 13.4 Å². The van der Waals surface area contributed by atoms with E-state index in [-0.39, 0.29) is 11.7 Å². The van der Waals surface area contributed by atoms with E-state index in [4.69, 9.17) is 9.15 Å². The van der Waals surface area contributed by atoms with E-state index in [0.29, 0.717) is 30.0 Å². The van der Waals surface area contributed by atoms with Crippen molar-refractivity contribution in [2.75, 3.05) is 12.4 Å². The van der Waals surface area contributed by atoms with Crippen molar-refractivity contribution < 1.29 is 13.9 Å². The second-order valence-corrected chi connectivity index (χ2v) is 6.35. The molecular formula is C20H19N3O3.